The molecule has 20 heavy (non-hydrogen) atoms. The van der Waals surface area contributed by atoms with Crippen molar-refractivity contribution >= 4 is 11.4 Å². The molecular weight excluding hydrogens is 256 g/mol. The van der Waals surface area contributed by atoms with Crippen LogP contribution in [0.2, 0.25) is 0 Å². The molecule has 1 aromatic carbocycles. The second kappa shape index (κ2) is 6.19. The molecule has 1 heterocycles. The van der Waals surface area contributed by atoms with Crippen molar-refractivity contribution in [2.24, 2.45) is 0 Å². The number of likely N-dealkylation sites (N-methyl/N-ethyl adjacent to an activating group) is 2. The molecule has 110 valence electrons. The number of rotatable bonds is 5. The van der Waals surface area contributed by atoms with Crippen molar-refractivity contribution in [1.29, 1.82) is 0 Å². The number of nitrogens with zero attached hydrogens (tertiary/aromatic N) is 3. The fourth-order valence-corrected chi connectivity index (χ4v) is 2.77. The molecule has 2 N–H and O–H groups in total. The lowest BCUT2D eigenvalue weighted by molar-refractivity contribution is -0.384. The Hall–Kier alpha value is -1.66. The van der Waals surface area contributed by atoms with Crippen LogP contribution < -0.4 is 5.73 Å². The van der Waals surface area contributed by atoms with Gasteiger partial charge in [-0.25, -0.2) is 0 Å². The number of benzene rings is 1. The highest BCUT2D eigenvalue weighted by atomic mass is 16.6. The van der Waals surface area contributed by atoms with Gasteiger partial charge in [-0.1, -0.05) is 0 Å². The first-order valence-electron chi connectivity index (χ1n) is 6.89. The predicted octanol–water partition coefficient (Wildman–Crippen LogP) is 1.70. The predicted molar refractivity (Wildman–Crippen MR) is 79.5 cm³/mol. The number of non-ortho nitro benzene ring substituents is 1. The molecule has 0 amide bonds. The van der Waals surface area contributed by atoms with E-state index in [0.717, 1.165) is 18.7 Å². The maximum Gasteiger partial charge on any atom is 0.269 e. The fourth-order valence-electron chi connectivity index (χ4n) is 2.77. The number of anilines is 1. The number of likely N-dealkylation sites (tertiary alicyclic amines) is 1. The minimum Gasteiger partial charge on any atom is -0.398 e. The van der Waals surface area contributed by atoms with Crippen molar-refractivity contribution in [1.82, 2.24) is 9.80 Å². The normalized spacial score (nSPS) is 19.6. The molecular formula is C14H22N4O2. The molecule has 0 bridgehead atoms. The molecule has 6 nitrogen and oxygen atoms in total. The van der Waals surface area contributed by atoms with Gasteiger partial charge < -0.3 is 15.5 Å². The maximum atomic E-state index is 10.8. The second-order valence-electron chi connectivity index (χ2n) is 5.61. The highest BCUT2D eigenvalue weighted by Crippen LogP contribution is 2.22. The van der Waals surface area contributed by atoms with E-state index in [1.54, 1.807) is 12.1 Å². The Balaban J connectivity index is 2.01. The standard InChI is InChI=1S/C14H22N4O2/c1-16(10-13-4-3-7-17(13)2)9-11-8-12(18(19)20)5-6-14(11)15/h5-6,8,13H,3-4,7,9-10,15H2,1-2H3. The third-order valence-corrected chi connectivity index (χ3v) is 3.97. The van der Waals surface area contributed by atoms with Crippen molar-refractivity contribution in [3.63, 3.8) is 0 Å². The molecule has 1 aliphatic heterocycles. The van der Waals surface area contributed by atoms with Gasteiger partial charge in [0.05, 0.1) is 4.92 Å². The number of nitrogen functional groups attached to an aromatic ring is 1. The summed E-state index contributed by atoms with van der Waals surface area (Å²) < 4.78 is 0. The zero-order chi connectivity index (χ0) is 14.7. The summed E-state index contributed by atoms with van der Waals surface area (Å²) in [6.07, 6.45) is 2.46. The molecule has 2 rings (SSSR count). The van der Waals surface area contributed by atoms with Gasteiger partial charge in [-0.05, 0) is 45.1 Å². The van der Waals surface area contributed by atoms with Crippen LogP contribution in [0.1, 0.15) is 18.4 Å². The Labute approximate surface area is 119 Å². The van der Waals surface area contributed by atoms with Gasteiger partial charge in [0.1, 0.15) is 0 Å². The van der Waals surface area contributed by atoms with Crippen LogP contribution in [0, 0.1) is 10.1 Å². The Bertz CT molecular complexity index is 492. The minimum atomic E-state index is -0.381. The number of hydrogen-bond acceptors (Lipinski definition) is 5. The molecule has 0 radical (unpaired) electrons. The largest absolute Gasteiger partial charge is 0.398 e. The summed E-state index contributed by atoms with van der Waals surface area (Å²) >= 11 is 0. The zero-order valence-corrected chi connectivity index (χ0v) is 12.1. The Morgan fingerprint density at radius 1 is 1.55 bits per heavy atom. The van der Waals surface area contributed by atoms with Gasteiger partial charge in [0.25, 0.3) is 5.69 Å². The van der Waals surface area contributed by atoms with E-state index < -0.39 is 0 Å². The van der Waals surface area contributed by atoms with Crippen LogP contribution in [0.15, 0.2) is 18.2 Å². The van der Waals surface area contributed by atoms with Crippen molar-refractivity contribution < 1.29 is 4.92 Å². The third kappa shape index (κ3) is 3.46. The average Bonchev–Trinajstić information content (AvgIpc) is 2.77. The molecule has 1 unspecified atom stereocenters. The summed E-state index contributed by atoms with van der Waals surface area (Å²) in [5.74, 6) is 0. The second-order valence-corrected chi connectivity index (χ2v) is 5.61. The third-order valence-electron chi connectivity index (χ3n) is 3.97. The number of nitro groups is 1. The van der Waals surface area contributed by atoms with Crippen molar-refractivity contribution in [3.05, 3.63) is 33.9 Å². The molecule has 6 heteroatoms. The average molecular weight is 278 g/mol. The lowest BCUT2D eigenvalue weighted by Gasteiger charge is -2.26. The van der Waals surface area contributed by atoms with Crippen LogP contribution in [0.25, 0.3) is 0 Å². The highest BCUT2D eigenvalue weighted by Gasteiger charge is 2.22. The van der Waals surface area contributed by atoms with Crippen LogP contribution >= 0.6 is 0 Å². The van der Waals surface area contributed by atoms with Gasteiger partial charge in [-0.2, -0.15) is 0 Å². The molecule has 0 aliphatic carbocycles. The molecule has 1 aliphatic rings. The van der Waals surface area contributed by atoms with Crippen LogP contribution in [0.5, 0.6) is 0 Å². The van der Waals surface area contributed by atoms with Crippen molar-refractivity contribution in [2.75, 3.05) is 32.9 Å². The molecule has 0 aromatic heterocycles. The number of nitrogens with two attached hydrogens (primary N) is 1. The van der Waals surface area contributed by atoms with E-state index in [9.17, 15) is 10.1 Å². The Morgan fingerprint density at radius 2 is 2.30 bits per heavy atom. The van der Waals surface area contributed by atoms with E-state index in [0.29, 0.717) is 18.3 Å². The van der Waals surface area contributed by atoms with E-state index in [4.69, 9.17) is 5.73 Å². The zero-order valence-electron chi connectivity index (χ0n) is 12.1. The Kier molecular flexibility index (Phi) is 4.57. The number of hydrogen-bond donors (Lipinski definition) is 1. The minimum absolute atomic E-state index is 0.0978. The summed E-state index contributed by atoms with van der Waals surface area (Å²) in [5.41, 5.74) is 7.45. The summed E-state index contributed by atoms with van der Waals surface area (Å²) in [6, 6.07) is 5.21. The van der Waals surface area contributed by atoms with Gasteiger partial charge >= 0.3 is 0 Å². The van der Waals surface area contributed by atoms with Crippen LogP contribution in [0.3, 0.4) is 0 Å². The van der Waals surface area contributed by atoms with Crippen LogP contribution in [-0.4, -0.2) is 47.9 Å². The smallest absolute Gasteiger partial charge is 0.269 e. The van der Waals surface area contributed by atoms with E-state index in [2.05, 4.69) is 16.8 Å². The molecule has 1 aromatic rings. The van der Waals surface area contributed by atoms with Gasteiger partial charge in [0.2, 0.25) is 0 Å². The maximum absolute atomic E-state index is 10.8. The Morgan fingerprint density at radius 3 is 2.90 bits per heavy atom. The SMILES string of the molecule is CN(Cc1cc([N+](=O)[O-])ccc1N)CC1CCCN1C. The summed E-state index contributed by atoms with van der Waals surface area (Å²) in [6.45, 7) is 2.74. The van der Waals surface area contributed by atoms with Crippen LogP contribution in [-0.2, 0) is 6.54 Å². The van der Waals surface area contributed by atoms with Gasteiger partial charge in [-0.3, -0.25) is 10.1 Å². The van der Waals surface area contributed by atoms with Gasteiger partial charge in [0.15, 0.2) is 0 Å². The first kappa shape index (κ1) is 14.7. The quantitative estimate of drug-likeness (QED) is 0.504. The van der Waals surface area contributed by atoms with E-state index in [1.165, 1.54) is 18.9 Å². The van der Waals surface area contributed by atoms with E-state index >= 15 is 0 Å². The summed E-state index contributed by atoms with van der Waals surface area (Å²) in [5, 5.41) is 10.8. The van der Waals surface area contributed by atoms with Crippen molar-refractivity contribution in [3.8, 4) is 0 Å². The van der Waals surface area contributed by atoms with Crippen LogP contribution in [0.4, 0.5) is 11.4 Å². The summed E-state index contributed by atoms with van der Waals surface area (Å²) in [7, 11) is 4.18. The molecule has 0 spiro atoms. The van der Waals surface area contributed by atoms with Crippen molar-refractivity contribution in [2.45, 2.75) is 25.4 Å². The van der Waals surface area contributed by atoms with E-state index in [-0.39, 0.29) is 10.6 Å². The van der Waals surface area contributed by atoms with Gasteiger partial charge in [-0.15, -0.1) is 0 Å². The highest BCUT2D eigenvalue weighted by molar-refractivity contribution is 5.52. The topological polar surface area (TPSA) is 75.6 Å². The lowest BCUT2D eigenvalue weighted by Crippen LogP contribution is -2.36. The van der Waals surface area contributed by atoms with Gasteiger partial charge in [0, 0.05) is 37.0 Å². The molecule has 1 fully saturated rings. The van der Waals surface area contributed by atoms with E-state index in [1.807, 2.05) is 7.05 Å². The lowest BCUT2D eigenvalue weighted by atomic mass is 10.1. The molecule has 1 atom stereocenters. The number of nitro benzene ring substituents is 1. The fraction of sp³-hybridized carbons (Fsp3) is 0.571. The molecule has 1 saturated heterocycles. The first-order chi connectivity index (χ1) is 9.47. The first-order valence-corrected chi connectivity index (χ1v) is 6.89. The monoisotopic (exact) mass is 278 g/mol. The molecule has 0 saturated carbocycles. The summed E-state index contributed by atoms with van der Waals surface area (Å²) in [4.78, 5) is 15.0.